The van der Waals surface area contributed by atoms with Gasteiger partial charge in [-0.2, -0.15) is 0 Å². The van der Waals surface area contributed by atoms with Gasteiger partial charge in [-0.05, 0) is 25.1 Å². The number of para-hydroxylation sites is 1. The van der Waals surface area contributed by atoms with E-state index in [1.807, 2.05) is 25.1 Å². The number of urea groups is 1. The molecule has 2 amide bonds. The maximum atomic E-state index is 11.9. The molecule has 0 spiro atoms. The Balaban J connectivity index is 2.10. The molecule has 1 aromatic heterocycles. The van der Waals surface area contributed by atoms with Gasteiger partial charge in [0.2, 0.25) is 0 Å². The van der Waals surface area contributed by atoms with E-state index in [-0.39, 0.29) is 0 Å². The van der Waals surface area contributed by atoms with Crippen LogP contribution in [-0.4, -0.2) is 19.1 Å². The van der Waals surface area contributed by atoms with Crippen molar-refractivity contribution >= 4 is 34.0 Å². The molecule has 20 heavy (non-hydrogen) atoms. The van der Waals surface area contributed by atoms with Gasteiger partial charge in [0.05, 0.1) is 12.7 Å². The summed E-state index contributed by atoms with van der Waals surface area (Å²) in [7, 11) is 1.31. The SMILES string of the molecule is COC(=O)c1cc(C)sc1NC(=O)Nc1ccccc1. The maximum Gasteiger partial charge on any atom is 0.340 e. The second-order valence-electron chi connectivity index (χ2n) is 4.04. The van der Waals surface area contributed by atoms with Gasteiger partial charge in [0.1, 0.15) is 5.00 Å². The van der Waals surface area contributed by atoms with Crippen LogP contribution in [0.4, 0.5) is 15.5 Å². The molecule has 0 fully saturated rings. The quantitative estimate of drug-likeness (QED) is 0.850. The normalized spacial score (nSPS) is 9.90. The van der Waals surface area contributed by atoms with Crippen molar-refractivity contribution in [3.63, 3.8) is 0 Å². The third kappa shape index (κ3) is 3.36. The number of hydrogen-bond donors (Lipinski definition) is 2. The monoisotopic (exact) mass is 290 g/mol. The number of carbonyl (C=O) groups is 2. The van der Waals surface area contributed by atoms with Gasteiger partial charge >= 0.3 is 12.0 Å². The fourth-order valence-electron chi connectivity index (χ4n) is 1.66. The minimum atomic E-state index is -0.468. The molecule has 2 N–H and O–H groups in total. The lowest BCUT2D eigenvalue weighted by Crippen LogP contribution is -2.20. The van der Waals surface area contributed by atoms with Crippen molar-refractivity contribution in [1.29, 1.82) is 0 Å². The number of anilines is 2. The number of rotatable bonds is 3. The van der Waals surface area contributed by atoms with E-state index in [1.54, 1.807) is 18.2 Å². The van der Waals surface area contributed by atoms with Gasteiger partial charge in [-0.3, -0.25) is 5.32 Å². The summed E-state index contributed by atoms with van der Waals surface area (Å²) in [5.41, 5.74) is 1.04. The van der Waals surface area contributed by atoms with Crippen LogP contribution in [0.2, 0.25) is 0 Å². The molecular weight excluding hydrogens is 276 g/mol. The van der Waals surface area contributed by atoms with Gasteiger partial charge in [-0.15, -0.1) is 11.3 Å². The van der Waals surface area contributed by atoms with Crippen molar-refractivity contribution in [2.24, 2.45) is 0 Å². The Kier molecular flexibility index (Phi) is 4.37. The third-order valence-corrected chi connectivity index (χ3v) is 3.49. The zero-order valence-corrected chi connectivity index (χ0v) is 11.9. The second-order valence-corrected chi connectivity index (χ2v) is 5.29. The molecule has 6 heteroatoms. The number of nitrogens with one attached hydrogen (secondary N) is 2. The number of benzene rings is 1. The molecule has 5 nitrogen and oxygen atoms in total. The highest BCUT2D eigenvalue weighted by Crippen LogP contribution is 2.28. The number of thiophene rings is 1. The fraction of sp³-hybridized carbons (Fsp3) is 0.143. The summed E-state index contributed by atoms with van der Waals surface area (Å²) < 4.78 is 4.69. The van der Waals surface area contributed by atoms with Crippen LogP contribution in [-0.2, 0) is 4.74 Å². The third-order valence-electron chi connectivity index (χ3n) is 2.52. The number of carbonyl (C=O) groups excluding carboxylic acids is 2. The first kappa shape index (κ1) is 14.1. The second kappa shape index (κ2) is 6.21. The molecule has 1 aromatic carbocycles. The summed E-state index contributed by atoms with van der Waals surface area (Å²) in [5, 5.41) is 5.83. The van der Waals surface area contributed by atoms with Gasteiger partial charge in [0, 0.05) is 10.6 Å². The topological polar surface area (TPSA) is 67.4 Å². The van der Waals surface area contributed by atoms with Gasteiger partial charge < -0.3 is 10.1 Å². The molecule has 0 bridgehead atoms. The van der Waals surface area contributed by atoms with Gasteiger partial charge in [0.25, 0.3) is 0 Å². The first-order valence-electron chi connectivity index (χ1n) is 5.92. The Morgan fingerprint density at radius 3 is 2.50 bits per heavy atom. The van der Waals surface area contributed by atoms with E-state index < -0.39 is 12.0 Å². The lowest BCUT2D eigenvalue weighted by Gasteiger charge is -2.07. The molecular formula is C14H14N2O3S. The van der Waals surface area contributed by atoms with E-state index in [9.17, 15) is 9.59 Å². The van der Waals surface area contributed by atoms with Crippen LogP contribution >= 0.6 is 11.3 Å². The van der Waals surface area contributed by atoms with Crippen molar-refractivity contribution in [3.8, 4) is 0 Å². The summed E-state index contributed by atoms with van der Waals surface area (Å²) in [4.78, 5) is 24.4. The molecule has 1 heterocycles. The number of esters is 1. The van der Waals surface area contributed by atoms with Crippen LogP contribution in [0.1, 0.15) is 15.2 Å². The van der Waals surface area contributed by atoms with Crippen LogP contribution in [0.25, 0.3) is 0 Å². The van der Waals surface area contributed by atoms with Crippen LogP contribution in [0.3, 0.4) is 0 Å². The Morgan fingerprint density at radius 1 is 1.15 bits per heavy atom. The first-order chi connectivity index (χ1) is 9.60. The van der Waals surface area contributed by atoms with Crippen LogP contribution in [0, 0.1) is 6.92 Å². The van der Waals surface area contributed by atoms with E-state index in [0.717, 1.165) is 4.88 Å². The van der Waals surface area contributed by atoms with Crippen molar-refractivity contribution in [3.05, 3.63) is 46.8 Å². The Hall–Kier alpha value is -2.34. The van der Waals surface area contributed by atoms with E-state index in [4.69, 9.17) is 0 Å². The van der Waals surface area contributed by atoms with Gasteiger partial charge in [-0.1, -0.05) is 18.2 Å². The highest BCUT2D eigenvalue weighted by Gasteiger charge is 2.17. The van der Waals surface area contributed by atoms with E-state index in [2.05, 4.69) is 15.4 Å². The standard InChI is InChI=1S/C14H14N2O3S/c1-9-8-11(13(17)19-2)12(20-9)16-14(18)15-10-6-4-3-5-7-10/h3-8H,1-2H3,(H2,15,16,18). The van der Waals surface area contributed by atoms with E-state index >= 15 is 0 Å². The molecule has 2 aromatic rings. The van der Waals surface area contributed by atoms with Crippen molar-refractivity contribution in [2.75, 3.05) is 17.7 Å². The van der Waals surface area contributed by atoms with Gasteiger partial charge in [-0.25, -0.2) is 9.59 Å². The lowest BCUT2D eigenvalue weighted by atomic mass is 10.3. The zero-order valence-electron chi connectivity index (χ0n) is 11.1. The molecule has 0 radical (unpaired) electrons. The first-order valence-corrected chi connectivity index (χ1v) is 6.73. The Bertz CT molecular complexity index is 623. The van der Waals surface area contributed by atoms with Gasteiger partial charge in [0.15, 0.2) is 0 Å². The molecule has 104 valence electrons. The number of ether oxygens (including phenoxy) is 1. The summed E-state index contributed by atoms with van der Waals surface area (Å²) in [6.45, 7) is 1.86. The van der Waals surface area contributed by atoms with Crippen LogP contribution in [0.5, 0.6) is 0 Å². The highest BCUT2D eigenvalue weighted by molar-refractivity contribution is 7.16. The molecule has 0 unspecified atom stereocenters. The molecule has 0 aliphatic carbocycles. The molecule has 0 saturated heterocycles. The summed E-state index contributed by atoms with van der Waals surface area (Å²) >= 11 is 1.32. The predicted octanol–water partition coefficient (Wildman–Crippen LogP) is 3.49. The number of methoxy groups -OCH3 is 1. The molecule has 2 rings (SSSR count). The largest absolute Gasteiger partial charge is 0.465 e. The minimum Gasteiger partial charge on any atom is -0.465 e. The Morgan fingerprint density at radius 2 is 1.85 bits per heavy atom. The lowest BCUT2D eigenvalue weighted by molar-refractivity contribution is 0.0602. The zero-order chi connectivity index (χ0) is 14.5. The van der Waals surface area contributed by atoms with E-state index in [1.165, 1.54) is 18.4 Å². The average molecular weight is 290 g/mol. The van der Waals surface area contributed by atoms with Crippen molar-refractivity contribution in [1.82, 2.24) is 0 Å². The Labute approximate surface area is 120 Å². The maximum absolute atomic E-state index is 11.9. The average Bonchev–Trinajstić information content (AvgIpc) is 2.79. The fourth-order valence-corrected chi connectivity index (χ4v) is 2.55. The molecule has 0 atom stereocenters. The number of hydrogen-bond acceptors (Lipinski definition) is 4. The molecule has 0 aliphatic rings. The van der Waals surface area contributed by atoms with Crippen molar-refractivity contribution < 1.29 is 14.3 Å². The van der Waals surface area contributed by atoms with Crippen LogP contribution < -0.4 is 10.6 Å². The summed E-state index contributed by atoms with van der Waals surface area (Å²) in [6, 6.07) is 10.4. The van der Waals surface area contributed by atoms with Crippen LogP contribution in [0.15, 0.2) is 36.4 Å². The van der Waals surface area contributed by atoms with E-state index in [0.29, 0.717) is 16.3 Å². The highest BCUT2D eigenvalue weighted by atomic mass is 32.1. The van der Waals surface area contributed by atoms with Crippen molar-refractivity contribution in [2.45, 2.75) is 6.92 Å². The minimum absolute atomic E-state index is 0.359. The summed E-state index contributed by atoms with van der Waals surface area (Å²) in [6.07, 6.45) is 0. The molecule has 0 saturated carbocycles. The smallest absolute Gasteiger partial charge is 0.340 e. The predicted molar refractivity (Wildman–Crippen MR) is 79.5 cm³/mol. The summed E-state index contributed by atoms with van der Waals surface area (Å²) in [5.74, 6) is -0.468. The number of aryl methyl sites for hydroxylation is 1. The number of amides is 2. The molecule has 0 aliphatic heterocycles.